The number of carbonyl (C=O) groups excluding carboxylic acids is 1. The van der Waals surface area contributed by atoms with Gasteiger partial charge in [0.1, 0.15) is 17.3 Å². The van der Waals surface area contributed by atoms with Gasteiger partial charge < -0.3 is 10.2 Å². The Labute approximate surface area is 185 Å². The van der Waals surface area contributed by atoms with Crippen molar-refractivity contribution in [3.63, 3.8) is 0 Å². The summed E-state index contributed by atoms with van der Waals surface area (Å²) in [5, 5.41) is 0.966. The van der Waals surface area contributed by atoms with Crippen LogP contribution in [0, 0.1) is 5.82 Å². The fourth-order valence-electron chi connectivity index (χ4n) is 2.09. The smallest absolute Gasteiger partial charge is 0.253 e. The molecule has 1 aliphatic rings. The van der Waals surface area contributed by atoms with Crippen molar-refractivity contribution in [1.82, 2.24) is 20.2 Å². The van der Waals surface area contributed by atoms with E-state index in [-0.39, 0.29) is 10.5 Å². The van der Waals surface area contributed by atoms with Crippen LogP contribution in [0.5, 0.6) is 0 Å². The van der Waals surface area contributed by atoms with Gasteiger partial charge in [0.15, 0.2) is 0 Å². The van der Waals surface area contributed by atoms with Crippen molar-refractivity contribution < 1.29 is 30.0 Å². The van der Waals surface area contributed by atoms with E-state index in [4.69, 9.17) is 28.1 Å². The van der Waals surface area contributed by atoms with Crippen LogP contribution in [-0.4, -0.2) is 46.0 Å². The molecular formula is C20H23ClF2N4O. The molecule has 1 unspecified atom stereocenters. The lowest BCUT2D eigenvalue weighted by molar-refractivity contribution is 0.0434. The van der Waals surface area contributed by atoms with Crippen molar-refractivity contribution in [2.24, 2.45) is 0 Å². The number of nitrogens with one attached hydrogen (secondary N) is 1. The number of aromatic nitrogens is 2. The minimum atomic E-state index is -4.50. The quantitative estimate of drug-likeness (QED) is 0.776. The van der Waals surface area contributed by atoms with Crippen LogP contribution < -0.4 is 5.32 Å². The van der Waals surface area contributed by atoms with Crippen molar-refractivity contribution in [2.75, 3.05) is 19.5 Å². The van der Waals surface area contributed by atoms with Crippen LogP contribution >= 0.6 is 11.6 Å². The van der Waals surface area contributed by atoms with E-state index in [1.54, 1.807) is 0 Å². The Bertz CT molecular complexity index is 1310. The normalized spacial score (nSPS) is 32.9. The van der Waals surface area contributed by atoms with Gasteiger partial charge in [0.05, 0.1) is 14.3 Å². The molecule has 2 heterocycles. The highest BCUT2D eigenvalue weighted by molar-refractivity contribution is 6.31. The minimum absolute atomic E-state index is 0.000331. The molecule has 0 aliphatic carbocycles. The Kier molecular flexibility index (Phi) is 3.21. The van der Waals surface area contributed by atoms with Crippen molar-refractivity contribution in [3.8, 4) is 0 Å². The summed E-state index contributed by atoms with van der Waals surface area (Å²) in [6.45, 7) is -11.3. The number of carbonyl (C=O) groups is 1. The lowest BCUT2D eigenvalue weighted by Crippen LogP contribution is -2.48. The molecule has 1 atom stereocenters. The average molecular weight is 421 g/mol. The Morgan fingerprint density at radius 3 is 2.86 bits per heavy atom. The fraction of sp³-hybridized carbons (Fsp3) is 0.450. The molecule has 1 aromatic carbocycles. The molecule has 150 valence electrons. The van der Waals surface area contributed by atoms with Crippen LogP contribution in [0.25, 0.3) is 0 Å². The van der Waals surface area contributed by atoms with Gasteiger partial charge in [0.25, 0.3) is 5.91 Å². The molecule has 1 N–H and O–H groups in total. The summed E-state index contributed by atoms with van der Waals surface area (Å²) in [5.41, 5.74) is -5.05. The first-order valence-electron chi connectivity index (χ1n) is 13.9. The standard InChI is InChI=1S/C20H23ClF2N4O/c1-2-14-10-25-18(26-11-14)12-24-13-20(23)5-7-27(8-6-20)19(28)15-3-4-17(22)16(21)9-15/h3-4,9-11,24H,2,5-8,12-13H2,1H3/i2D2,5D2,6D2,7D2,12D2,13D2. The third-order valence-corrected chi connectivity index (χ3v) is 3.89. The molecule has 1 amide bonds. The van der Waals surface area contributed by atoms with Gasteiger partial charge in [-0.2, -0.15) is 0 Å². The number of aryl methyl sites for hydroxylation is 1. The van der Waals surface area contributed by atoms with Gasteiger partial charge in [-0.15, -0.1) is 0 Å². The van der Waals surface area contributed by atoms with E-state index in [9.17, 15) is 9.18 Å². The summed E-state index contributed by atoms with van der Waals surface area (Å²) in [5.74, 6) is -3.17. The maximum absolute atomic E-state index is 16.7. The fourth-order valence-corrected chi connectivity index (χ4v) is 2.27. The van der Waals surface area contributed by atoms with Gasteiger partial charge in [0, 0.05) is 63.9 Å². The molecule has 1 aliphatic heterocycles. The zero-order chi connectivity index (χ0) is 30.9. The number of benzene rings is 1. The van der Waals surface area contributed by atoms with Gasteiger partial charge in [-0.3, -0.25) is 4.79 Å². The number of piperidine rings is 1. The molecule has 1 aromatic heterocycles. The molecule has 28 heavy (non-hydrogen) atoms. The van der Waals surface area contributed by atoms with Crippen LogP contribution in [0.2, 0.25) is 5.02 Å². The number of hydrogen-bond acceptors (Lipinski definition) is 4. The Hall–Kier alpha value is -2.12. The predicted molar refractivity (Wildman–Crippen MR) is 104 cm³/mol. The first-order chi connectivity index (χ1) is 17.8. The van der Waals surface area contributed by atoms with Crippen LogP contribution in [-0.2, 0) is 12.9 Å². The maximum atomic E-state index is 16.7. The van der Waals surface area contributed by atoms with Crippen LogP contribution in [0.15, 0.2) is 30.6 Å². The van der Waals surface area contributed by atoms with E-state index in [2.05, 4.69) is 9.97 Å². The van der Waals surface area contributed by atoms with Gasteiger partial charge in [0.2, 0.25) is 0 Å². The second-order valence-corrected chi connectivity index (χ2v) is 5.92. The summed E-state index contributed by atoms with van der Waals surface area (Å²) < 4.78 is 128. The van der Waals surface area contributed by atoms with E-state index >= 15 is 4.39 Å². The van der Waals surface area contributed by atoms with Crippen molar-refractivity contribution in [2.45, 2.75) is 38.2 Å². The van der Waals surface area contributed by atoms with Gasteiger partial charge in [-0.05, 0) is 30.1 Å². The van der Waals surface area contributed by atoms with E-state index < -0.39 is 79.0 Å². The first kappa shape index (κ1) is 10.1. The van der Waals surface area contributed by atoms with E-state index in [0.29, 0.717) is 0 Å². The van der Waals surface area contributed by atoms with E-state index in [1.165, 1.54) is 12.2 Å². The van der Waals surface area contributed by atoms with Crippen molar-refractivity contribution in [3.05, 3.63) is 58.4 Å². The number of rotatable bonds is 6. The number of halogens is 3. The summed E-state index contributed by atoms with van der Waals surface area (Å²) in [4.78, 5) is 20.3. The lowest BCUT2D eigenvalue weighted by atomic mass is 9.92. The highest BCUT2D eigenvalue weighted by Gasteiger charge is 2.36. The van der Waals surface area contributed by atoms with Crippen LogP contribution in [0.1, 0.15) is 57.9 Å². The van der Waals surface area contributed by atoms with Crippen LogP contribution in [0.3, 0.4) is 0 Å². The van der Waals surface area contributed by atoms with Gasteiger partial charge in [-0.1, -0.05) is 18.5 Å². The van der Waals surface area contributed by atoms with Gasteiger partial charge >= 0.3 is 0 Å². The zero-order valence-electron chi connectivity index (χ0n) is 26.5. The lowest BCUT2D eigenvalue weighted by Gasteiger charge is -2.36. The number of hydrogen-bond donors (Lipinski definition) is 1. The molecule has 3 rings (SSSR count). The number of amides is 1. The maximum Gasteiger partial charge on any atom is 0.253 e. The Balaban J connectivity index is 2.05. The summed E-state index contributed by atoms with van der Waals surface area (Å²) in [6, 6.07) is 2.40. The van der Waals surface area contributed by atoms with Crippen molar-refractivity contribution in [1.29, 1.82) is 0 Å². The minimum Gasteiger partial charge on any atom is -0.338 e. The molecule has 0 bridgehead atoms. The molecule has 8 heteroatoms. The number of alkyl halides is 1. The molecule has 2 aromatic rings. The SMILES string of the molecule is [2H]C([2H])(C)c1cnc(C([2H])([2H])NC([2H])([2H])C2(F)C([2H])([2H])CN(C(=O)c3ccc(F)c(Cl)c3)C([2H])([2H])C2([2H])[2H])nc1. The largest absolute Gasteiger partial charge is 0.338 e. The Morgan fingerprint density at radius 2 is 2.18 bits per heavy atom. The topological polar surface area (TPSA) is 58.1 Å². The molecule has 5 nitrogen and oxygen atoms in total. The second-order valence-electron chi connectivity index (χ2n) is 5.51. The zero-order valence-corrected chi connectivity index (χ0v) is 15.2. The Morgan fingerprint density at radius 1 is 1.43 bits per heavy atom. The third kappa shape index (κ3) is 5.02. The van der Waals surface area contributed by atoms with Crippen molar-refractivity contribution >= 4 is 17.5 Å². The number of nitrogens with zero attached hydrogens (tertiary/aromatic N) is 3. The highest BCUT2D eigenvalue weighted by Crippen LogP contribution is 2.27. The highest BCUT2D eigenvalue weighted by atomic mass is 35.5. The third-order valence-electron chi connectivity index (χ3n) is 3.61. The van der Waals surface area contributed by atoms with Gasteiger partial charge in [-0.25, -0.2) is 18.7 Å². The molecular weight excluding hydrogens is 386 g/mol. The predicted octanol–water partition coefficient (Wildman–Crippen LogP) is 3.57. The molecule has 1 saturated heterocycles. The second kappa shape index (κ2) is 8.92. The van der Waals surface area contributed by atoms with E-state index in [0.717, 1.165) is 30.6 Å². The summed E-state index contributed by atoms with van der Waals surface area (Å²) >= 11 is 5.66. The van der Waals surface area contributed by atoms with Crippen LogP contribution in [0.4, 0.5) is 8.78 Å². The summed E-state index contributed by atoms with van der Waals surface area (Å²) in [7, 11) is 0. The molecule has 0 saturated carbocycles. The molecule has 0 spiro atoms. The first-order valence-corrected chi connectivity index (χ1v) is 8.30. The monoisotopic (exact) mass is 420 g/mol. The summed E-state index contributed by atoms with van der Waals surface area (Å²) in [6.07, 6.45) is -8.01. The number of likely N-dealkylation sites (tertiary alicyclic amines) is 1. The molecule has 0 radical (unpaired) electrons. The average Bonchev–Trinajstić information content (AvgIpc) is 2.81. The molecule has 1 fully saturated rings. The van der Waals surface area contributed by atoms with E-state index in [1.807, 2.05) is 0 Å².